The molecule has 2 aromatic carbocycles. The molecule has 0 aliphatic carbocycles. The highest BCUT2D eigenvalue weighted by atomic mass is 16.5. The number of ether oxygens (including phenoxy) is 2. The van der Waals surface area contributed by atoms with Gasteiger partial charge in [0.2, 0.25) is 0 Å². The third-order valence-electron chi connectivity index (χ3n) is 6.13. The van der Waals surface area contributed by atoms with Crippen LogP contribution in [-0.4, -0.2) is 54.4 Å². The minimum Gasteiger partial charge on any atom is -0.507 e. The number of methoxy groups -OCH3 is 1. The van der Waals surface area contributed by atoms with E-state index in [1.165, 1.54) is 7.11 Å². The zero-order valence-electron chi connectivity index (χ0n) is 18.0. The second kappa shape index (κ2) is 8.26. The van der Waals surface area contributed by atoms with E-state index in [1.807, 2.05) is 36.4 Å². The Hall–Kier alpha value is -3.42. The lowest BCUT2D eigenvalue weighted by atomic mass is 9.89. The van der Waals surface area contributed by atoms with E-state index in [0.717, 1.165) is 10.9 Å². The van der Waals surface area contributed by atoms with Crippen LogP contribution in [0.3, 0.4) is 0 Å². The van der Waals surface area contributed by atoms with Crippen molar-refractivity contribution in [3.8, 4) is 5.75 Å². The second-order valence-electron chi connectivity index (χ2n) is 7.87. The van der Waals surface area contributed by atoms with Crippen LogP contribution in [0.5, 0.6) is 5.75 Å². The SMILES string of the molecule is COC(=O)c1c(C)oc2c1c(C(c1ccncc1)N1CCOCC1)c(O)c1ccccc12. The van der Waals surface area contributed by atoms with Crippen LogP contribution in [0.2, 0.25) is 0 Å². The summed E-state index contributed by atoms with van der Waals surface area (Å²) in [5.74, 6) is 0.0966. The first-order valence-electron chi connectivity index (χ1n) is 10.6. The number of carbonyl (C=O) groups excluding carboxylic acids is 1. The van der Waals surface area contributed by atoms with E-state index in [0.29, 0.717) is 59.5 Å². The summed E-state index contributed by atoms with van der Waals surface area (Å²) < 4.78 is 16.8. The summed E-state index contributed by atoms with van der Waals surface area (Å²) >= 11 is 0. The number of aromatic hydroxyl groups is 1. The molecule has 0 spiro atoms. The van der Waals surface area contributed by atoms with Gasteiger partial charge in [-0.1, -0.05) is 24.3 Å². The zero-order valence-corrected chi connectivity index (χ0v) is 18.0. The van der Waals surface area contributed by atoms with Gasteiger partial charge in [-0.2, -0.15) is 0 Å². The average molecular weight is 432 g/mol. The Morgan fingerprint density at radius 1 is 1.12 bits per heavy atom. The molecule has 0 radical (unpaired) electrons. The quantitative estimate of drug-likeness (QED) is 0.484. The van der Waals surface area contributed by atoms with E-state index in [1.54, 1.807) is 19.3 Å². The molecular formula is C25H24N2O5. The highest BCUT2D eigenvalue weighted by Gasteiger charge is 2.34. The van der Waals surface area contributed by atoms with Crippen molar-refractivity contribution in [3.05, 3.63) is 71.2 Å². The molecule has 0 bridgehead atoms. The van der Waals surface area contributed by atoms with Crippen molar-refractivity contribution in [1.82, 2.24) is 9.88 Å². The lowest BCUT2D eigenvalue weighted by Crippen LogP contribution is -2.39. The van der Waals surface area contributed by atoms with Crippen LogP contribution < -0.4 is 0 Å². The Labute approximate surface area is 185 Å². The van der Waals surface area contributed by atoms with E-state index in [9.17, 15) is 9.90 Å². The number of rotatable bonds is 4. The summed E-state index contributed by atoms with van der Waals surface area (Å²) in [4.78, 5) is 19.3. The fourth-order valence-corrected chi connectivity index (χ4v) is 4.70. The zero-order chi connectivity index (χ0) is 22.2. The van der Waals surface area contributed by atoms with Crippen molar-refractivity contribution in [2.75, 3.05) is 33.4 Å². The molecule has 1 atom stereocenters. The number of nitrogens with zero attached hydrogens (tertiary/aromatic N) is 2. The number of phenolic OH excluding ortho intramolecular Hbond substituents is 1. The van der Waals surface area contributed by atoms with Gasteiger partial charge in [-0.25, -0.2) is 4.79 Å². The number of aromatic nitrogens is 1. The number of hydrogen-bond acceptors (Lipinski definition) is 7. The molecule has 1 aliphatic rings. The summed E-state index contributed by atoms with van der Waals surface area (Å²) in [6, 6.07) is 11.1. The highest BCUT2D eigenvalue weighted by molar-refractivity contribution is 6.16. The van der Waals surface area contributed by atoms with Gasteiger partial charge in [0.05, 0.1) is 26.4 Å². The van der Waals surface area contributed by atoms with Crippen LogP contribution in [-0.2, 0) is 9.47 Å². The van der Waals surface area contributed by atoms with Crippen LogP contribution in [0, 0.1) is 6.92 Å². The number of hydrogen-bond donors (Lipinski definition) is 1. The molecule has 4 aromatic rings. The molecule has 32 heavy (non-hydrogen) atoms. The Balaban J connectivity index is 1.91. The van der Waals surface area contributed by atoms with E-state index in [2.05, 4.69) is 9.88 Å². The molecule has 1 saturated heterocycles. The molecule has 1 aliphatic heterocycles. The first-order chi connectivity index (χ1) is 15.6. The van der Waals surface area contributed by atoms with Crippen molar-refractivity contribution in [1.29, 1.82) is 0 Å². The predicted octanol–water partition coefficient (Wildman–Crippen LogP) is 4.20. The Morgan fingerprint density at radius 2 is 1.81 bits per heavy atom. The van der Waals surface area contributed by atoms with Crippen molar-refractivity contribution >= 4 is 27.7 Å². The summed E-state index contributed by atoms with van der Waals surface area (Å²) in [6.45, 7) is 4.30. The minimum absolute atomic E-state index is 0.132. The molecule has 1 unspecified atom stereocenters. The maximum absolute atomic E-state index is 12.8. The van der Waals surface area contributed by atoms with Gasteiger partial charge in [-0.3, -0.25) is 9.88 Å². The van der Waals surface area contributed by atoms with Crippen molar-refractivity contribution in [2.45, 2.75) is 13.0 Å². The average Bonchev–Trinajstić information content (AvgIpc) is 3.19. The smallest absolute Gasteiger partial charge is 0.342 e. The highest BCUT2D eigenvalue weighted by Crippen LogP contribution is 2.47. The van der Waals surface area contributed by atoms with Gasteiger partial charge in [-0.05, 0) is 24.6 Å². The van der Waals surface area contributed by atoms with E-state index in [4.69, 9.17) is 13.9 Å². The van der Waals surface area contributed by atoms with E-state index < -0.39 is 5.97 Å². The molecule has 7 nitrogen and oxygen atoms in total. The summed E-state index contributed by atoms with van der Waals surface area (Å²) in [7, 11) is 1.35. The molecular weight excluding hydrogens is 408 g/mol. The largest absolute Gasteiger partial charge is 0.507 e. The van der Waals surface area contributed by atoms with Crippen molar-refractivity contribution < 1.29 is 23.8 Å². The Bertz CT molecular complexity index is 1290. The van der Waals surface area contributed by atoms with Crippen LogP contribution in [0.4, 0.5) is 0 Å². The van der Waals surface area contributed by atoms with Crippen molar-refractivity contribution in [3.63, 3.8) is 0 Å². The van der Waals surface area contributed by atoms with Crippen molar-refractivity contribution in [2.24, 2.45) is 0 Å². The Kier molecular flexibility index (Phi) is 5.28. The maximum atomic E-state index is 12.8. The molecule has 2 aromatic heterocycles. The molecule has 7 heteroatoms. The Morgan fingerprint density at radius 3 is 2.50 bits per heavy atom. The number of esters is 1. The number of pyridine rings is 1. The number of furan rings is 1. The number of phenols is 1. The van der Waals surface area contributed by atoms with E-state index in [-0.39, 0.29) is 11.8 Å². The summed E-state index contributed by atoms with van der Waals surface area (Å²) in [5.41, 5.74) is 2.50. The first-order valence-corrected chi connectivity index (χ1v) is 10.6. The summed E-state index contributed by atoms with van der Waals surface area (Å²) in [5, 5.41) is 13.6. The number of aryl methyl sites for hydroxylation is 1. The van der Waals surface area contributed by atoms with Gasteiger partial charge in [-0.15, -0.1) is 0 Å². The molecule has 1 N–H and O–H groups in total. The van der Waals surface area contributed by atoms with Crippen LogP contribution in [0.15, 0.2) is 53.2 Å². The molecule has 164 valence electrons. The monoisotopic (exact) mass is 432 g/mol. The minimum atomic E-state index is -0.493. The fourth-order valence-electron chi connectivity index (χ4n) is 4.70. The van der Waals surface area contributed by atoms with Gasteiger partial charge in [0.15, 0.2) is 0 Å². The van der Waals surface area contributed by atoms with Crippen LogP contribution >= 0.6 is 0 Å². The van der Waals surface area contributed by atoms with Gasteiger partial charge in [0.25, 0.3) is 0 Å². The lowest BCUT2D eigenvalue weighted by molar-refractivity contribution is 0.0238. The third kappa shape index (κ3) is 3.21. The van der Waals surface area contributed by atoms with Gasteiger partial charge in [0.1, 0.15) is 22.7 Å². The number of carbonyl (C=O) groups is 1. The first kappa shape index (κ1) is 20.5. The van der Waals surface area contributed by atoms with Gasteiger partial charge in [0, 0.05) is 47.2 Å². The van der Waals surface area contributed by atoms with Gasteiger partial charge < -0.3 is 19.0 Å². The summed E-state index contributed by atoms with van der Waals surface area (Å²) in [6.07, 6.45) is 3.47. The van der Waals surface area contributed by atoms with Gasteiger partial charge >= 0.3 is 5.97 Å². The molecule has 0 saturated carbocycles. The normalized spacial score (nSPS) is 15.8. The van der Waals surface area contributed by atoms with Crippen LogP contribution in [0.1, 0.15) is 33.3 Å². The third-order valence-corrected chi connectivity index (χ3v) is 6.13. The van der Waals surface area contributed by atoms with Crippen LogP contribution in [0.25, 0.3) is 21.7 Å². The predicted molar refractivity (Wildman–Crippen MR) is 120 cm³/mol. The number of morpholine rings is 1. The van der Waals surface area contributed by atoms with E-state index >= 15 is 0 Å². The number of fused-ring (bicyclic) bond motifs is 3. The lowest BCUT2D eigenvalue weighted by Gasteiger charge is -2.36. The maximum Gasteiger partial charge on any atom is 0.342 e. The second-order valence-corrected chi connectivity index (χ2v) is 7.87. The fraction of sp³-hybridized carbons (Fsp3) is 0.280. The molecule has 0 amide bonds. The topological polar surface area (TPSA) is 85.0 Å². The number of benzene rings is 2. The molecule has 3 heterocycles. The standard InChI is InChI=1S/C25H24N2O5/c1-15-19(25(29)30-2)20-21(23(28)17-5-3-4-6-18(17)24(20)32-15)22(16-7-9-26-10-8-16)27-11-13-31-14-12-27/h3-10,22,28H,11-14H2,1-2H3. The molecule has 1 fully saturated rings. The molecule has 5 rings (SSSR count).